The summed E-state index contributed by atoms with van der Waals surface area (Å²) in [5.74, 6) is 0.622. The molecule has 5 heterocycles. The van der Waals surface area contributed by atoms with Gasteiger partial charge in [-0.05, 0) is 25.0 Å². The van der Waals surface area contributed by atoms with Crippen molar-refractivity contribution in [2.75, 3.05) is 68.5 Å². The van der Waals surface area contributed by atoms with Crippen LogP contribution in [0.5, 0.6) is 0 Å². The molecule has 4 N–H and O–H groups in total. The molecule has 0 unspecified atom stereocenters. The number of amides is 1. The Bertz CT molecular complexity index is 1340. The summed E-state index contributed by atoms with van der Waals surface area (Å²) in [6, 6.07) is 7.59. The molecule has 0 atom stereocenters. The largest absolute Gasteiger partial charge is 0.422 e. The Labute approximate surface area is 221 Å². The van der Waals surface area contributed by atoms with Crippen molar-refractivity contribution >= 4 is 46.6 Å². The van der Waals surface area contributed by atoms with E-state index in [1.807, 2.05) is 0 Å². The predicted molar refractivity (Wildman–Crippen MR) is 148 cm³/mol. The number of fused-ring (bicyclic) bond motifs is 1. The van der Waals surface area contributed by atoms with E-state index in [0.29, 0.717) is 58.8 Å². The molecule has 0 aliphatic carbocycles. The number of hydrogen-bond donors (Lipinski definition) is 3. The summed E-state index contributed by atoms with van der Waals surface area (Å²) in [7, 11) is 3.39. The maximum atomic E-state index is 13.6. The molecular weight excluding hydrogens is 486 g/mol. The molecule has 0 bridgehead atoms. The Morgan fingerprint density at radius 1 is 1.18 bits per heavy atom. The average molecular weight is 520 g/mol. The third-order valence-corrected chi connectivity index (χ3v) is 6.79. The van der Waals surface area contributed by atoms with E-state index >= 15 is 0 Å². The highest BCUT2D eigenvalue weighted by molar-refractivity contribution is 6.10. The van der Waals surface area contributed by atoms with E-state index < -0.39 is 0 Å². The summed E-state index contributed by atoms with van der Waals surface area (Å²) in [4.78, 5) is 35.9. The topological polar surface area (TPSA) is 147 Å². The molecule has 0 spiro atoms. The number of hydrogen-bond acceptors (Lipinski definition) is 11. The van der Waals surface area contributed by atoms with Crippen LogP contribution in [0, 0.1) is 0 Å². The first-order valence-electron chi connectivity index (χ1n) is 12.8. The lowest BCUT2D eigenvalue weighted by Crippen LogP contribution is -2.43. The maximum Gasteiger partial charge on any atom is 0.300 e. The zero-order chi connectivity index (χ0) is 26.5. The fourth-order valence-corrected chi connectivity index (χ4v) is 4.73. The van der Waals surface area contributed by atoms with Gasteiger partial charge < -0.3 is 35.3 Å². The van der Waals surface area contributed by atoms with Crippen LogP contribution < -0.4 is 26.2 Å². The minimum Gasteiger partial charge on any atom is -0.422 e. The van der Waals surface area contributed by atoms with Gasteiger partial charge in [-0.1, -0.05) is 6.07 Å². The van der Waals surface area contributed by atoms with Gasteiger partial charge in [-0.2, -0.15) is 4.98 Å². The van der Waals surface area contributed by atoms with Crippen LogP contribution in [0.15, 0.2) is 39.9 Å². The zero-order valence-corrected chi connectivity index (χ0v) is 21.7. The van der Waals surface area contributed by atoms with Crippen molar-refractivity contribution in [2.45, 2.75) is 18.9 Å². The van der Waals surface area contributed by atoms with Gasteiger partial charge in [0.15, 0.2) is 5.58 Å². The van der Waals surface area contributed by atoms with E-state index in [1.165, 1.54) is 6.20 Å². The van der Waals surface area contributed by atoms with E-state index in [9.17, 15) is 4.79 Å². The first-order chi connectivity index (χ1) is 18.6. The van der Waals surface area contributed by atoms with Gasteiger partial charge in [0, 0.05) is 77.5 Å². The number of nitrogens with two attached hydrogens (primary N) is 1. The van der Waals surface area contributed by atoms with Crippen molar-refractivity contribution in [1.82, 2.24) is 20.3 Å². The van der Waals surface area contributed by atoms with E-state index in [2.05, 4.69) is 35.4 Å². The molecule has 12 nitrogen and oxygen atoms in total. The number of oxazole rings is 1. The second kappa shape index (κ2) is 11.6. The zero-order valence-electron chi connectivity index (χ0n) is 21.7. The quantitative estimate of drug-likeness (QED) is 0.395. The fourth-order valence-electron chi connectivity index (χ4n) is 4.73. The number of methoxy groups -OCH3 is 1. The number of allylic oxidation sites excluding steroid dienone is 1. The standard InChI is InChI=1S/C26H33N9O3/c1-28-16-17(15-27)20-4-3-5-22(30-20)31-25(36)19-14-21-23(33-26(38-21)35-12-8-29-9-13-35)32-24(19)34-10-6-18(37-2)7-11-34/h3-5,14-16,18,29H,6-13,27H2,1-2H3,(H,30,31,36)/b17-15+,28-16?. The monoisotopic (exact) mass is 519 g/mol. The van der Waals surface area contributed by atoms with Crippen LogP contribution in [0.2, 0.25) is 0 Å². The smallest absolute Gasteiger partial charge is 0.300 e. The van der Waals surface area contributed by atoms with Crippen molar-refractivity contribution in [3.63, 3.8) is 0 Å². The van der Waals surface area contributed by atoms with Crippen LogP contribution in [0.3, 0.4) is 0 Å². The molecule has 0 radical (unpaired) electrons. The van der Waals surface area contributed by atoms with Crippen LogP contribution in [0.25, 0.3) is 16.8 Å². The number of rotatable bonds is 7. The molecule has 2 aliphatic rings. The summed E-state index contributed by atoms with van der Waals surface area (Å²) in [5, 5.41) is 6.25. The molecule has 5 rings (SSSR count). The van der Waals surface area contributed by atoms with Crippen molar-refractivity contribution in [3.8, 4) is 0 Å². The minimum absolute atomic E-state index is 0.196. The Morgan fingerprint density at radius 2 is 1.97 bits per heavy atom. The molecular formula is C26H33N9O3. The number of pyridine rings is 2. The minimum atomic E-state index is -0.338. The first-order valence-corrected chi connectivity index (χ1v) is 12.8. The molecule has 2 saturated heterocycles. The summed E-state index contributed by atoms with van der Waals surface area (Å²) >= 11 is 0. The highest BCUT2D eigenvalue weighted by Gasteiger charge is 2.27. The van der Waals surface area contributed by atoms with Crippen molar-refractivity contribution < 1.29 is 13.9 Å². The molecule has 0 saturated carbocycles. The van der Waals surface area contributed by atoms with Crippen LogP contribution >= 0.6 is 0 Å². The molecule has 38 heavy (non-hydrogen) atoms. The SMILES string of the molecule is CN=C/C(=C\N)c1cccc(NC(=O)c2cc3oc(N4CCNCC4)nc3nc2N2CCC(OC)CC2)n1. The Kier molecular flexibility index (Phi) is 7.80. The number of piperazine rings is 1. The second-order valence-electron chi connectivity index (χ2n) is 9.21. The summed E-state index contributed by atoms with van der Waals surface area (Å²) < 4.78 is 11.6. The fraction of sp³-hybridized carbons (Fsp3) is 0.423. The molecule has 2 aliphatic heterocycles. The first kappa shape index (κ1) is 25.6. The third-order valence-electron chi connectivity index (χ3n) is 6.79. The van der Waals surface area contributed by atoms with Crippen molar-refractivity contribution in [3.05, 3.63) is 41.7 Å². The van der Waals surface area contributed by atoms with Crippen LogP contribution in [-0.4, -0.2) is 86.6 Å². The van der Waals surface area contributed by atoms with Gasteiger partial charge in [-0.3, -0.25) is 9.79 Å². The van der Waals surface area contributed by atoms with E-state index in [4.69, 9.17) is 19.9 Å². The number of anilines is 3. The predicted octanol–water partition coefficient (Wildman–Crippen LogP) is 1.90. The number of nitrogens with one attached hydrogen (secondary N) is 2. The van der Waals surface area contributed by atoms with Gasteiger partial charge in [0.1, 0.15) is 11.6 Å². The average Bonchev–Trinajstić information content (AvgIpc) is 3.39. The van der Waals surface area contributed by atoms with E-state index in [-0.39, 0.29) is 12.0 Å². The third kappa shape index (κ3) is 5.46. The summed E-state index contributed by atoms with van der Waals surface area (Å²) in [6.07, 6.45) is 4.94. The number of ether oxygens (including phenoxy) is 1. The van der Waals surface area contributed by atoms with Gasteiger partial charge >= 0.3 is 0 Å². The van der Waals surface area contributed by atoms with Crippen LogP contribution in [0.4, 0.5) is 17.7 Å². The number of aliphatic imine (C=N–C) groups is 1. The number of carbonyl (C=O) groups excluding carboxylic acids is 1. The van der Waals surface area contributed by atoms with E-state index in [0.717, 1.165) is 39.0 Å². The molecule has 0 aromatic carbocycles. The number of aromatic nitrogens is 3. The molecule has 3 aromatic rings. The number of piperidine rings is 1. The van der Waals surface area contributed by atoms with Gasteiger partial charge in [0.25, 0.3) is 11.9 Å². The number of carbonyl (C=O) groups is 1. The van der Waals surface area contributed by atoms with Crippen molar-refractivity contribution in [2.24, 2.45) is 10.7 Å². The Hall–Kier alpha value is -4.03. The maximum absolute atomic E-state index is 13.6. The number of nitrogens with zero attached hydrogens (tertiary/aromatic N) is 6. The molecule has 1 amide bonds. The highest BCUT2D eigenvalue weighted by Crippen LogP contribution is 2.30. The molecule has 12 heteroatoms. The van der Waals surface area contributed by atoms with Crippen molar-refractivity contribution in [1.29, 1.82) is 0 Å². The molecule has 200 valence electrons. The summed E-state index contributed by atoms with van der Waals surface area (Å²) in [6.45, 7) is 4.74. The van der Waals surface area contributed by atoms with E-state index in [1.54, 1.807) is 44.6 Å². The van der Waals surface area contributed by atoms with Gasteiger partial charge in [-0.25, -0.2) is 9.97 Å². The van der Waals surface area contributed by atoms with Crippen LogP contribution in [0.1, 0.15) is 28.9 Å². The normalized spacial score (nSPS) is 17.5. The Balaban J connectivity index is 1.48. The second-order valence-corrected chi connectivity index (χ2v) is 9.21. The summed E-state index contributed by atoms with van der Waals surface area (Å²) in [5.41, 5.74) is 8.33. The lowest BCUT2D eigenvalue weighted by atomic mass is 10.1. The van der Waals surface area contributed by atoms with Gasteiger partial charge in [-0.15, -0.1) is 0 Å². The highest BCUT2D eigenvalue weighted by atomic mass is 16.5. The lowest BCUT2D eigenvalue weighted by Gasteiger charge is -2.32. The molecule has 2 fully saturated rings. The van der Waals surface area contributed by atoms with Gasteiger partial charge in [0.2, 0.25) is 5.65 Å². The molecule has 3 aromatic heterocycles. The van der Waals surface area contributed by atoms with Crippen LogP contribution in [-0.2, 0) is 4.74 Å². The van der Waals surface area contributed by atoms with Gasteiger partial charge in [0.05, 0.1) is 17.4 Å². The lowest BCUT2D eigenvalue weighted by molar-refractivity contribution is 0.0817. The Morgan fingerprint density at radius 3 is 2.68 bits per heavy atom.